The van der Waals surface area contributed by atoms with Crippen LogP contribution in [0.15, 0.2) is 115 Å². The zero-order valence-corrected chi connectivity index (χ0v) is 25.2. The molecule has 2 N–H and O–H groups in total. The molecule has 4 aromatic carbocycles. The molecule has 0 atom stereocenters. The Hall–Kier alpha value is -4.76. The Bertz CT molecular complexity index is 1780. The van der Waals surface area contributed by atoms with Gasteiger partial charge in [-0.3, -0.25) is 9.11 Å². The third-order valence-electron chi connectivity index (χ3n) is 5.83. The molecule has 0 amide bonds. The van der Waals surface area contributed by atoms with Gasteiger partial charge in [0, 0.05) is 0 Å². The van der Waals surface area contributed by atoms with Crippen molar-refractivity contribution in [2.45, 2.75) is 23.6 Å². The van der Waals surface area contributed by atoms with Crippen molar-refractivity contribution in [1.82, 2.24) is 0 Å². The van der Waals surface area contributed by atoms with Crippen LogP contribution in [0.5, 0.6) is 11.5 Å². The summed E-state index contributed by atoms with van der Waals surface area (Å²) in [6.45, 7) is 4.72. The van der Waals surface area contributed by atoms with E-state index >= 15 is 0 Å². The average molecular weight is 637 g/mol. The van der Waals surface area contributed by atoms with Crippen molar-refractivity contribution < 1.29 is 35.4 Å². The standard InChI is InChI=1S/C30H28N4O8S2/c1-3-41-25-13-9-23(10-14-25)31-33-27-17-7-21(19-29(27)43(35,36)37)5-6-22-8-18-28(30(20-22)44(38,39)40)34-32-24-11-15-26(16-12-24)42-4-2/h5-20H,3-4H2,1-2H3,(H,35,36,37)(H,38,39,40). The van der Waals surface area contributed by atoms with Crippen LogP contribution in [0, 0.1) is 0 Å². The maximum atomic E-state index is 12.1. The summed E-state index contributed by atoms with van der Waals surface area (Å²) in [6.07, 6.45) is 2.98. The van der Waals surface area contributed by atoms with Gasteiger partial charge in [-0.15, -0.1) is 10.2 Å². The fourth-order valence-corrected chi connectivity index (χ4v) is 5.13. The molecule has 0 radical (unpaired) electrons. The Balaban J connectivity index is 1.58. The number of hydrogen-bond acceptors (Lipinski definition) is 10. The highest BCUT2D eigenvalue weighted by Crippen LogP contribution is 2.31. The molecule has 0 heterocycles. The monoisotopic (exact) mass is 636 g/mol. The summed E-state index contributed by atoms with van der Waals surface area (Å²) in [5.41, 5.74) is 1.41. The van der Waals surface area contributed by atoms with Crippen molar-refractivity contribution in [2.24, 2.45) is 20.5 Å². The molecule has 0 spiro atoms. The molecule has 0 fully saturated rings. The third-order valence-corrected chi connectivity index (χ3v) is 7.60. The largest absolute Gasteiger partial charge is 0.494 e. The molecule has 228 valence electrons. The van der Waals surface area contributed by atoms with Crippen LogP contribution in [0.2, 0.25) is 0 Å². The quantitative estimate of drug-likeness (QED) is 0.0893. The van der Waals surface area contributed by atoms with Gasteiger partial charge < -0.3 is 9.47 Å². The maximum Gasteiger partial charge on any atom is 0.296 e. The zero-order chi connectivity index (χ0) is 31.7. The van der Waals surface area contributed by atoms with E-state index in [0.29, 0.717) is 47.2 Å². The van der Waals surface area contributed by atoms with E-state index in [-0.39, 0.29) is 11.4 Å². The summed E-state index contributed by atoms with van der Waals surface area (Å²) in [4.78, 5) is -0.948. The summed E-state index contributed by atoms with van der Waals surface area (Å²) in [7, 11) is -9.35. The molecule has 0 aliphatic rings. The second-order valence-corrected chi connectivity index (χ2v) is 11.8. The lowest BCUT2D eigenvalue weighted by Gasteiger charge is -2.05. The van der Waals surface area contributed by atoms with E-state index in [1.165, 1.54) is 36.4 Å². The molecule has 4 rings (SSSR count). The first-order valence-corrected chi connectivity index (χ1v) is 16.0. The van der Waals surface area contributed by atoms with Gasteiger partial charge in [-0.1, -0.05) is 24.3 Å². The first-order chi connectivity index (χ1) is 21.0. The Morgan fingerprint density at radius 1 is 0.568 bits per heavy atom. The molecule has 4 aromatic rings. The van der Waals surface area contributed by atoms with Crippen LogP contribution < -0.4 is 9.47 Å². The Kier molecular flexibility index (Phi) is 10.3. The molecule has 0 aliphatic carbocycles. The van der Waals surface area contributed by atoms with Crippen molar-refractivity contribution >= 4 is 55.1 Å². The van der Waals surface area contributed by atoms with Crippen molar-refractivity contribution in [1.29, 1.82) is 0 Å². The molecule has 0 saturated carbocycles. The van der Waals surface area contributed by atoms with Gasteiger partial charge in [-0.25, -0.2) is 0 Å². The molecule has 44 heavy (non-hydrogen) atoms. The molecule has 14 heteroatoms. The molecular formula is C30H28N4O8S2. The molecule has 0 saturated heterocycles. The summed E-state index contributed by atoms with van der Waals surface area (Å²) < 4.78 is 78.8. The minimum atomic E-state index is -4.67. The SMILES string of the molecule is CCOc1ccc(N=Nc2ccc(C=Cc3ccc(N=Nc4ccc(OCC)cc4)c(S(=O)(=O)O)c3)cc2S(=O)(=O)O)cc1. The van der Waals surface area contributed by atoms with Crippen LogP contribution in [0.25, 0.3) is 12.2 Å². The highest BCUT2D eigenvalue weighted by atomic mass is 32.2. The van der Waals surface area contributed by atoms with Crippen molar-refractivity contribution in [3.8, 4) is 11.5 Å². The fourth-order valence-electron chi connectivity index (χ4n) is 3.81. The van der Waals surface area contributed by atoms with Crippen LogP contribution in [0.4, 0.5) is 22.7 Å². The summed E-state index contributed by atoms with van der Waals surface area (Å²) >= 11 is 0. The third kappa shape index (κ3) is 8.87. The zero-order valence-electron chi connectivity index (χ0n) is 23.6. The smallest absolute Gasteiger partial charge is 0.296 e. The minimum absolute atomic E-state index is 0.0885. The normalized spacial score (nSPS) is 12.4. The number of rotatable bonds is 12. The van der Waals surface area contributed by atoms with Gasteiger partial charge in [-0.05, 0) is 97.8 Å². The van der Waals surface area contributed by atoms with Crippen molar-refractivity contribution in [3.05, 3.63) is 96.1 Å². The number of azo groups is 2. The highest BCUT2D eigenvalue weighted by molar-refractivity contribution is 7.86. The van der Waals surface area contributed by atoms with Gasteiger partial charge in [0.05, 0.1) is 24.6 Å². The van der Waals surface area contributed by atoms with Gasteiger partial charge in [0.25, 0.3) is 20.2 Å². The molecular weight excluding hydrogens is 608 g/mol. The van der Waals surface area contributed by atoms with E-state index in [9.17, 15) is 25.9 Å². The lowest BCUT2D eigenvalue weighted by molar-refractivity contribution is 0.340. The van der Waals surface area contributed by atoms with Crippen LogP contribution in [-0.2, 0) is 20.2 Å². The van der Waals surface area contributed by atoms with E-state index in [0.717, 1.165) is 0 Å². The molecule has 0 bridgehead atoms. The molecule has 0 unspecified atom stereocenters. The van der Waals surface area contributed by atoms with Crippen LogP contribution in [0.3, 0.4) is 0 Å². The Labute approximate surface area is 254 Å². The van der Waals surface area contributed by atoms with Gasteiger partial charge in [-0.2, -0.15) is 27.1 Å². The molecule has 0 aliphatic heterocycles. The summed E-state index contributed by atoms with van der Waals surface area (Å²) in [6, 6.07) is 21.6. The van der Waals surface area contributed by atoms with Crippen LogP contribution in [-0.4, -0.2) is 39.2 Å². The second kappa shape index (κ2) is 14.1. The Morgan fingerprint density at radius 3 is 1.25 bits per heavy atom. The van der Waals surface area contributed by atoms with E-state index in [2.05, 4.69) is 20.5 Å². The minimum Gasteiger partial charge on any atom is -0.494 e. The maximum absolute atomic E-state index is 12.1. The lowest BCUT2D eigenvalue weighted by Crippen LogP contribution is -1.99. The van der Waals surface area contributed by atoms with Gasteiger partial charge >= 0.3 is 0 Å². The summed E-state index contributed by atoms with van der Waals surface area (Å²) in [5, 5.41) is 16.0. The van der Waals surface area contributed by atoms with E-state index in [1.807, 2.05) is 13.8 Å². The molecule has 12 nitrogen and oxygen atoms in total. The van der Waals surface area contributed by atoms with Crippen molar-refractivity contribution in [2.75, 3.05) is 13.2 Å². The summed E-state index contributed by atoms with van der Waals surface area (Å²) in [5.74, 6) is 1.29. The number of benzene rings is 4. The van der Waals surface area contributed by atoms with E-state index in [1.54, 1.807) is 60.7 Å². The van der Waals surface area contributed by atoms with Crippen LogP contribution in [0.1, 0.15) is 25.0 Å². The second-order valence-electron chi connectivity index (χ2n) is 8.99. The van der Waals surface area contributed by atoms with E-state index in [4.69, 9.17) is 9.47 Å². The van der Waals surface area contributed by atoms with E-state index < -0.39 is 30.0 Å². The van der Waals surface area contributed by atoms with Crippen molar-refractivity contribution in [3.63, 3.8) is 0 Å². The predicted octanol–water partition coefficient (Wildman–Crippen LogP) is 7.98. The molecule has 0 aromatic heterocycles. The number of nitrogens with zero attached hydrogens (tertiary/aromatic N) is 4. The first-order valence-electron chi connectivity index (χ1n) is 13.2. The number of hydrogen-bond donors (Lipinski definition) is 2. The predicted molar refractivity (Wildman–Crippen MR) is 165 cm³/mol. The van der Waals surface area contributed by atoms with Gasteiger partial charge in [0.1, 0.15) is 32.7 Å². The number of ether oxygens (including phenoxy) is 2. The van der Waals surface area contributed by atoms with Gasteiger partial charge in [0.15, 0.2) is 0 Å². The first kappa shape index (κ1) is 32.2. The van der Waals surface area contributed by atoms with Gasteiger partial charge in [0.2, 0.25) is 0 Å². The fraction of sp³-hybridized carbons (Fsp3) is 0.133. The highest BCUT2D eigenvalue weighted by Gasteiger charge is 2.18. The average Bonchev–Trinajstić information content (AvgIpc) is 2.99. The van der Waals surface area contributed by atoms with Crippen LogP contribution >= 0.6 is 0 Å². The topological polar surface area (TPSA) is 177 Å². The lowest BCUT2D eigenvalue weighted by atomic mass is 10.1. The Morgan fingerprint density at radius 2 is 0.932 bits per heavy atom.